The highest BCUT2D eigenvalue weighted by molar-refractivity contribution is 5.91. The molecule has 0 radical (unpaired) electrons. The van der Waals surface area contributed by atoms with Crippen LogP contribution in [0.25, 0.3) is 34.1 Å². The molecule has 0 aromatic heterocycles. The van der Waals surface area contributed by atoms with Gasteiger partial charge in [0.2, 0.25) is 0 Å². The first-order valence-corrected chi connectivity index (χ1v) is 16.7. The van der Waals surface area contributed by atoms with Gasteiger partial charge in [0.05, 0.1) is 0 Å². The van der Waals surface area contributed by atoms with Crippen LogP contribution < -0.4 is 15.3 Å². The Morgan fingerprint density at radius 3 is 1.94 bits per heavy atom. The van der Waals surface area contributed by atoms with Crippen molar-refractivity contribution in [2.75, 3.05) is 4.90 Å². The van der Waals surface area contributed by atoms with E-state index in [1.165, 1.54) is 49.0 Å². The molecule has 2 aliphatic carbocycles. The molecule has 7 aromatic rings. The highest BCUT2D eigenvalue weighted by Crippen LogP contribution is 2.54. The van der Waals surface area contributed by atoms with E-state index in [1.807, 2.05) is 0 Å². The van der Waals surface area contributed by atoms with Crippen molar-refractivity contribution in [2.24, 2.45) is 5.92 Å². The molecular formula is C47H33N. The number of anilines is 3. The number of hydrogen-bond donors (Lipinski definition) is 0. The number of hydrogen-bond acceptors (Lipinski definition) is 1. The molecule has 48 heavy (non-hydrogen) atoms. The highest BCUT2D eigenvalue weighted by atomic mass is 15.1. The zero-order valence-electron chi connectivity index (χ0n) is 26.6. The second kappa shape index (κ2) is 11.6. The van der Waals surface area contributed by atoms with Gasteiger partial charge in [0.1, 0.15) is 5.41 Å². The van der Waals surface area contributed by atoms with Gasteiger partial charge in [-0.15, -0.1) is 0 Å². The number of fused-ring (bicyclic) bond motifs is 5. The number of nitrogens with zero attached hydrogens (tertiary/aromatic N) is 1. The fraction of sp³-hybridized carbons (Fsp3) is 0.0638. The molecule has 0 aliphatic heterocycles. The van der Waals surface area contributed by atoms with E-state index in [9.17, 15) is 0 Å². The van der Waals surface area contributed by atoms with E-state index in [-0.39, 0.29) is 5.92 Å². The van der Waals surface area contributed by atoms with Crippen molar-refractivity contribution >= 4 is 40.0 Å². The van der Waals surface area contributed by atoms with Crippen LogP contribution in [0, 0.1) is 17.8 Å². The average Bonchev–Trinajstić information content (AvgIpc) is 3.44. The third-order valence-corrected chi connectivity index (χ3v) is 9.91. The Bertz CT molecular complexity index is 2460. The van der Waals surface area contributed by atoms with Crippen molar-refractivity contribution < 1.29 is 0 Å². The second-order valence-corrected chi connectivity index (χ2v) is 12.7. The van der Waals surface area contributed by atoms with Crippen molar-refractivity contribution in [3.8, 4) is 23.0 Å². The maximum Gasteiger partial charge on any atom is 0.107 e. The smallest absolute Gasteiger partial charge is 0.107 e. The van der Waals surface area contributed by atoms with Crippen LogP contribution in [0.5, 0.6) is 0 Å². The zero-order chi connectivity index (χ0) is 31.9. The minimum absolute atomic E-state index is 0.138. The molecule has 0 fully saturated rings. The Morgan fingerprint density at radius 1 is 0.500 bits per heavy atom. The third-order valence-electron chi connectivity index (χ3n) is 9.91. The molecule has 0 saturated heterocycles. The van der Waals surface area contributed by atoms with E-state index in [2.05, 4.69) is 199 Å². The van der Waals surface area contributed by atoms with Crippen LogP contribution in [0.1, 0.15) is 23.1 Å². The van der Waals surface area contributed by atoms with E-state index < -0.39 is 5.41 Å². The van der Waals surface area contributed by atoms with Crippen LogP contribution in [0.15, 0.2) is 170 Å². The minimum Gasteiger partial charge on any atom is -0.310 e. The van der Waals surface area contributed by atoms with Crippen molar-refractivity contribution in [1.82, 2.24) is 0 Å². The summed E-state index contributed by atoms with van der Waals surface area (Å²) in [6.45, 7) is 0. The molecule has 1 heteroatoms. The van der Waals surface area contributed by atoms with Gasteiger partial charge in [-0.3, -0.25) is 0 Å². The summed E-state index contributed by atoms with van der Waals surface area (Å²) in [7, 11) is 0. The van der Waals surface area contributed by atoms with Gasteiger partial charge >= 0.3 is 0 Å². The van der Waals surface area contributed by atoms with Crippen LogP contribution in [0.4, 0.5) is 17.1 Å². The van der Waals surface area contributed by atoms with E-state index in [1.54, 1.807) is 0 Å². The van der Waals surface area contributed by atoms with Gasteiger partial charge in [0.25, 0.3) is 0 Å². The Labute approximate surface area is 281 Å². The van der Waals surface area contributed by atoms with Gasteiger partial charge < -0.3 is 4.90 Å². The lowest BCUT2D eigenvalue weighted by Gasteiger charge is -2.29. The van der Waals surface area contributed by atoms with Crippen molar-refractivity contribution in [1.29, 1.82) is 0 Å². The topological polar surface area (TPSA) is 3.24 Å². The monoisotopic (exact) mass is 611 g/mol. The summed E-state index contributed by atoms with van der Waals surface area (Å²) in [5.41, 5.74) is 8.89. The molecule has 0 N–H and O–H groups in total. The van der Waals surface area contributed by atoms with Gasteiger partial charge in [-0.1, -0.05) is 151 Å². The summed E-state index contributed by atoms with van der Waals surface area (Å²) in [4.78, 5) is 2.34. The summed E-state index contributed by atoms with van der Waals surface area (Å²) >= 11 is 0. The Kier molecular flexibility index (Phi) is 6.81. The highest BCUT2D eigenvalue weighted by Gasteiger charge is 2.44. The summed E-state index contributed by atoms with van der Waals surface area (Å²) in [6, 6.07) is 61.3. The maximum absolute atomic E-state index is 3.99. The van der Waals surface area contributed by atoms with E-state index in [0.717, 1.165) is 23.5 Å². The minimum atomic E-state index is -0.621. The van der Waals surface area contributed by atoms with Crippen LogP contribution in [0.2, 0.25) is 0 Å². The summed E-state index contributed by atoms with van der Waals surface area (Å²) in [6.07, 6.45) is 5.59. The Hall–Kier alpha value is -6.10. The molecule has 0 amide bonds. The van der Waals surface area contributed by atoms with Gasteiger partial charge in [-0.25, -0.2) is 0 Å². The Balaban J connectivity index is 1.28. The summed E-state index contributed by atoms with van der Waals surface area (Å²) in [5.74, 6) is 7.94. The fourth-order valence-corrected chi connectivity index (χ4v) is 7.64. The van der Waals surface area contributed by atoms with Crippen molar-refractivity contribution in [3.63, 3.8) is 0 Å². The molecule has 0 bridgehead atoms. The van der Waals surface area contributed by atoms with Crippen molar-refractivity contribution in [2.45, 2.75) is 11.8 Å². The van der Waals surface area contributed by atoms with E-state index in [0.29, 0.717) is 0 Å². The molecule has 2 unspecified atom stereocenters. The normalized spacial score (nSPS) is 17.1. The molecule has 9 rings (SSSR count). The molecule has 7 aromatic carbocycles. The quantitative estimate of drug-likeness (QED) is 0.179. The van der Waals surface area contributed by atoms with Gasteiger partial charge in [0, 0.05) is 23.0 Å². The molecule has 226 valence electrons. The average molecular weight is 612 g/mol. The van der Waals surface area contributed by atoms with E-state index >= 15 is 0 Å². The first-order valence-electron chi connectivity index (χ1n) is 16.7. The molecule has 2 atom stereocenters. The predicted molar refractivity (Wildman–Crippen MR) is 201 cm³/mol. The molecule has 0 spiro atoms. The molecular weight excluding hydrogens is 579 g/mol. The number of benzene rings is 7. The summed E-state index contributed by atoms with van der Waals surface area (Å²) < 4.78 is 0. The molecule has 0 saturated carbocycles. The third kappa shape index (κ3) is 4.65. The first-order chi connectivity index (χ1) is 23.8. The van der Waals surface area contributed by atoms with Crippen LogP contribution in [0.3, 0.4) is 0 Å². The van der Waals surface area contributed by atoms with Crippen LogP contribution >= 0.6 is 0 Å². The van der Waals surface area contributed by atoms with Crippen molar-refractivity contribution in [3.05, 3.63) is 197 Å². The summed E-state index contributed by atoms with van der Waals surface area (Å²) in [5, 5.41) is 5.02. The van der Waals surface area contributed by atoms with Gasteiger partial charge in [-0.05, 0) is 97.9 Å². The lowest BCUT2D eigenvalue weighted by atomic mass is 9.72. The van der Waals surface area contributed by atoms with Gasteiger partial charge in [0.15, 0.2) is 0 Å². The standard InChI is InChI=1S/C47H33N/c1-3-17-40(18-4-1)48(41-19-5-2-6-20-41)42-27-28-46-44(33-42)43-21-11-12-22-45(43)47(46,39-26-25-36-14-8-10-16-38(36)32-39)30-29-34-23-24-35-13-7-9-15-37(35)31-34/h1-22,24-28,31-34H,23H2. The van der Waals surface area contributed by atoms with Crippen LogP contribution in [-0.4, -0.2) is 0 Å². The SMILES string of the molecule is C(#CC1(c2ccc3ccccc3c2)c2ccccc2-c2cc(N(c3ccccc3)c3ccccc3)ccc21)C1C=c2ccccc2=CC1. The predicted octanol–water partition coefficient (Wildman–Crippen LogP) is 9.91. The lowest BCUT2D eigenvalue weighted by Crippen LogP contribution is -2.28. The second-order valence-electron chi connectivity index (χ2n) is 12.7. The Morgan fingerprint density at radius 2 is 1.15 bits per heavy atom. The molecule has 2 aliphatic rings. The maximum atomic E-state index is 3.99. The zero-order valence-corrected chi connectivity index (χ0v) is 26.6. The lowest BCUT2D eigenvalue weighted by molar-refractivity contribution is 0.829. The van der Waals surface area contributed by atoms with E-state index in [4.69, 9.17) is 0 Å². The van der Waals surface area contributed by atoms with Crippen LogP contribution in [-0.2, 0) is 5.41 Å². The number of rotatable bonds is 4. The molecule has 1 nitrogen and oxygen atoms in total. The fourth-order valence-electron chi connectivity index (χ4n) is 7.64. The van der Waals surface area contributed by atoms with Gasteiger partial charge in [-0.2, -0.15) is 0 Å². The largest absolute Gasteiger partial charge is 0.310 e. The number of para-hydroxylation sites is 2. The first kappa shape index (κ1) is 28.1. The molecule has 0 heterocycles.